The number of rotatable bonds is 2. The zero-order chi connectivity index (χ0) is 11.6. The van der Waals surface area contributed by atoms with Crippen molar-refractivity contribution in [1.29, 1.82) is 0 Å². The van der Waals surface area contributed by atoms with Crippen molar-refractivity contribution in [2.45, 2.75) is 16.6 Å². The molecule has 0 bridgehead atoms. The van der Waals surface area contributed by atoms with Gasteiger partial charge in [-0.1, -0.05) is 0 Å². The third-order valence-corrected chi connectivity index (χ3v) is 4.12. The van der Waals surface area contributed by atoms with Crippen molar-refractivity contribution in [2.75, 3.05) is 0 Å². The van der Waals surface area contributed by atoms with Gasteiger partial charge >= 0.3 is 95.8 Å². The fourth-order valence-corrected chi connectivity index (χ4v) is 2.90. The Morgan fingerprint density at radius 3 is 2.38 bits per heavy atom. The molecule has 0 saturated heterocycles. The fraction of sp³-hybridized carbons (Fsp3) is 0.0833. The summed E-state index contributed by atoms with van der Waals surface area (Å²) in [5, 5.41) is 0. The summed E-state index contributed by atoms with van der Waals surface area (Å²) in [6, 6.07) is 12.0. The van der Waals surface area contributed by atoms with Gasteiger partial charge in [-0.15, -0.1) is 0 Å². The van der Waals surface area contributed by atoms with Crippen molar-refractivity contribution in [3.05, 3.63) is 54.0 Å². The third-order valence-electron chi connectivity index (χ3n) is 2.35. The van der Waals surface area contributed by atoms with Crippen LogP contribution in [0, 0.1) is 6.92 Å². The molecular weight excluding hydrogens is 219 g/mol. The zero-order valence-electron chi connectivity index (χ0n) is 8.92. The van der Waals surface area contributed by atoms with Crippen LogP contribution >= 0.6 is 0 Å². The van der Waals surface area contributed by atoms with E-state index in [1.54, 1.807) is 49.3 Å². The van der Waals surface area contributed by atoms with Gasteiger partial charge in [0.15, 0.2) is 0 Å². The van der Waals surface area contributed by atoms with Gasteiger partial charge in [0.25, 0.3) is 0 Å². The van der Waals surface area contributed by atoms with E-state index in [1.165, 1.54) is 0 Å². The van der Waals surface area contributed by atoms with Gasteiger partial charge < -0.3 is 0 Å². The van der Waals surface area contributed by atoms with Crippen molar-refractivity contribution in [2.24, 2.45) is 0 Å². The number of aryl methyl sites for hydroxylation is 1. The van der Waals surface area contributed by atoms with Gasteiger partial charge in [0.1, 0.15) is 0 Å². The van der Waals surface area contributed by atoms with Crippen LogP contribution in [0.25, 0.3) is 0 Å². The summed E-state index contributed by atoms with van der Waals surface area (Å²) in [4.78, 5) is 0.680. The molecule has 0 aliphatic heterocycles. The van der Waals surface area contributed by atoms with Gasteiger partial charge in [-0.2, -0.15) is 0 Å². The van der Waals surface area contributed by atoms with Gasteiger partial charge in [0, 0.05) is 0 Å². The second-order valence-electron chi connectivity index (χ2n) is 3.63. The van der Waals surface area contributed by atoms with Crippen LogP contribution in [0.1, 0.15) is 5.56 Å². The summed E-state index contributed by atoms with van der Waals surface area (Å²) in [6.07, 6.45) is 0. The second-order valence-corrected chi connectivity index (χ2v) is 5.58. The van der Waals surface area contributed by atoms with E-state index in [1.807, 2.05) is 13.0 Å². The topological polar surface area (TPSA) is 34.1 Å². The molecule has 2 nitrogen and oxygen atoms in total. The van der Waals surface area contributed by atoms with Gasteiger partial charge in [-0.3, -0.25) is 0 Å². The predicted molar refractivity (Wildman–Crippen MR) is 64.4 cm³/mol. The van der Waals surface area contributed by atoms with Gasteiger partial charge in [-0.05, 0) is 0 Å². The Morgan fingerprint density at radius 1 is 1.06 bits per heavy atom. The summed E-state index contributed by atoms with van der Waals surface area (Å²) >= 11 is 0. The molecule has 0 saturated carbocycles. The molecule has 0 aliphatic carbocycles. The first kappa shape index (κ1) is 11.1. The molecule has 0 atom stereocenters. The Balaban J connectivity index is 2.56. The Kier molecular flexibility index (Phi) is 2.92. The van der Waals surface area contributed by atoms with Crippen LogP contribution in [0.3, 0.4) is 0 Å². The summed E-state index contributed by atoms with van der Waals surface area (Å²) in [5.74, 6) is 1.76. The number of sulfone groups is 1. The van der Waals surface area contributed by atoms with E-state index < -0.39 is 9.84 Å². The Bertz CT molecular complexity index is 591. The second kappa shape index (κ2) is 4.22. The quantitative estimate of drug-likeness (QED) is 0.792. The maximum atomic E-state index is 12.2. The van der Waals surface area contributed by atoms with E-state index in [4.69, 9.17) is 0 Å². The van der Waals surface area contributed by atoms with Crippen molar-refractivity contribution in [1.82, 2.24) is 0 Å². The average molecular weight is 230 g/mol. The first-order valence-corrected chi connectivity index (χ1v) is 6.46. The zero-order valence-corrected chi connectivity index (χ0v) is 9.74. The normalized spacial score (nSPS) is 11.1. The van der Waals surface area contributed by atoms with Crippen LogP contribution in [0.4, 0.5) is 0 Å². The minimum absolute atomic E-state index is 0.334. The van der Waals surface area contributed by atoms with Gasteiger partial charge in [0.2, 0.25) is 0 Å². The molecule has 0 unspecified atom stereocenters. The molecule has 1 aromatic carbocycles. The molecule has 0 spiro atoms. The standard InChI is InChI=1S/C12H11BO2S/c1-10-7-8-13-12(9-10)16(14,15)11-5-3-2-4-6-11/h2-9H,1H3. The average Bonchev–Trinajstić information content (AvgIpc) is 2.30. The van der Waals surface area contributed by atoms with E-state index in [9.17, 15) is 8.42 Å². The first-order chi connectivity index (χ1) is 7.60. The van der Waals surface area contributed by atoms with E-state index in [2.05, 4.69) is 0 Å². The first-order valence-electron chi connectivity index (χ1n) is 4.97. The van der Waals surface area contributed by atoms with Crippen LogP contribution < -0.4 is 0 Å². The number of hydrogen-bond donors (Lipinski definition) is 0. The molecule has 4 heteroatoms. The number of benzene rings is 1. The fourth-order valence-electron chi connectivity index (χ4n) is 1.52. The predicted octanol–water partition coefficient (Wildman–Crippen LogP) is 2.17. The van der Waals surface area contributed by atoms with E-state index in [-0.39, 0.29) is 0 Å². The van der Waals surface area contributed by atoms with Crippen molar-refractivity contribution < 1.29 is 8.42 Å². The molecular formula is C12H11BO2S. The molecule has 2 rings (SSSR count). The molecule has 0 N–H and O–H groups in total. The van der Waals surface area contributed by atoms with E-state index in [0.717, 1.165) is 5.56 Å². The molecule has 1 aromatic heterocycles. The van der Waals surface area contributed by atoms with Crippen LogP contribution in [-0.4, -0.2) is 15.3 Å². The summed E-state index contributed by atoms with van der Waals surface area (Å²) in [5.41, 5.74) is 0.942. The summed E-state index contributed by atoms with van der Waals surface area (Å²) < 4.78 is 24.4. The molecule has 0 aliphatic rings. The van der Waals surface area contributed by atoms with Crippen molar-refractivity contribution in [3.63, 3.8) is 0 Å². The van der Waals surface area contributed by atoms with E-state index >= 15 is 0 Å². The molecule has 16 heavy (non-hydrogen) atoms. The van der Waals surface area contributed by atoms with Crippen molar-refractivity contribution in [3.8, 4) is 0 Å². The molecule has 1 heterocycles. The molecule has 0 radical (unpaired) electrons. The van der Waals surface area contributed by atoms with Gasteiger partial charge in [-0.25, -0.2) is 0 Å². The minimum atomic E-state index is -3.36. The summed E-state index contributed by atoms with van der Waals surface area (Å²) in [7, 11) is -3.36. The Hall–Kier alpha value is -1.42. The Labute approximate surface area is 96.1 Å². The summed E-state index contributed by atoms with van der Waals surface area (Å²) in [6.45, 7) is 3.50. The third kappa shape index (κ3) is 2.07. The maximum absolute atomic E-state index is 12.2. The molecule has 0 amide bonds. The van der Waals surface area contributed by atoms with Crippen molar-refractivity contribution >= 4 is 16.7 Å². The molecule has 80 valence electrons. The molecule has 0 fully saturated rings. The van der Waals surface area contributed by atoms with Crippen LogP contribution in [0.5, 0.6) is 0 Å². The number of hydrogen-bond acceptors (Lipinski definition) is 2. The van der Waals surface area contributed by atoms with Crippen LogP contribution in [-0.2, 0) is 9.84 Å². The SMILES string of the molecule is Cc1ccbc(S(=O)(=O)c2ccccc2)c1. The van der Waals surface area contributed by atoms with E-state index in [0.29, 0.717) is 9.69 Å². The molecule has 2 aromatic rings. The van der Waals surface area contributed by atoms with Gasteiger partial charge in [0.05, 0.1) is 0 Å². The van der Waals surface area contributed by atoms with Crippen LogP contribution in [0.15, 0.2) is 58.1 Å². The monoisotopic (exact) mass is 230 g/mol. The van der Waals surface area contributed by atoms with Crippen LogP contribution in [0.2, 0.25) is 0 Å². The Morgan fingerprint density at radius 2 is 1.75 bits per heavy atom.